The van der Waals surface area contributed by atoms with Crippen LogP contribution in [0, 0.1) is 11.8 Å². The highest BCUT2D eigenvalue weighted by Crippen LogP contribution is 2.39. The minimum atomic E-state index is 0.571. The van der Waals surface area contributed by atoms with E-state index in [0.717, 1.165) is 18.4 Å². The van der Waals surface area contributed by atoms with Crippen LogP contribution in [-0.4, -0.2) is 18.1 Å². The van der Waals surface area contributed by atoms with Gasteiger partial charge in [-0.1, -0.05) is 23.7 Å². The number of allylic oxidation sites excluding steroid dienone is 1. The van der Waals surface area contributed by atoms with Gasteiger partial charge in [-0.25, -0.2) is 4.98 Å². The van der Waals surface area contributed by atoms with Gasteiger partial charge in [0, 0.05) is 12.7 Å². The van der Waals surface area contributed by atoms with Gasteiger partial charge in [0.25, 0.3) is 0 Å². The summed E-state index contributed by atoms with van der Waals surface area (Å²) < 4.78 is 0. The van der Waals surface area contributed by atoms with Gasteiger partial charge in [0.15, 0.2) is 0 Å². The maximum Gasteiger partial charge on any atom is 0.129 e. The van der Waals surface area contributed by atoms with E-state index in [1.54, 1.807) is 0 Å². The van der Waals surface area contributed by atoms with Gasteiger partial charge in [0.05, 0.1) is 0 Å². The molecule has 1 saturated heterocycles. The highest BCUT2D eigenvalue weighted by atomic mass is 35.5. The van der Waals surface area contributed by atoms with Crippen molar-refractivity contribution in [3.63, 3.8) is 0 Å². The van der Waals surface area contributed by atoms with Gasteiger partial charge >= 0.3 is 0 Å². The second-order valence-electron chi connectivity index (χ2n) is 4.68. The van der Waals surface area contributed by atoms with E-state index < -0.39 is 0 Å². The zero-order valence-electron chi connectivity index (χ0n) is 9.12. The van der Waals surface area contributed by atoms with Crippen LogP contribution in [0.5, 0.6) is 0 Å². The van der Waals surface area contributed by atoms with Crippen molar-refractivity contribution in [3.8, 4) is 0 Å². The Morgan fingerprint density at radius 1 is 1.38 bits per heavy atom. The first-order chi connectivity index (χ1) is 7.83. The van der Waals surface area contributed by atoms with E-state index in [1.165, 1.54) is 30.5 Å². The van der Waals surface area contributed by atoms with Crippen molar-refractivity contribution in [3.05, 3.63) is 35.1 Å². The minimum absolute atomic E-state index is 0.571. The Hall–Kier alpha value is -0.860. The topological polar surface area (TPSA) is 24.9 Å². The molecule has 0 aromatic carbocycles. The monoisotopic (exact) mass is 234 g/mol. The average Bonchev–Trinajstić information content (AvgIpc) is 2.73. The molecule has 1 aliphatic carbocycles. The van der Waals surface area contributed by atoms with E-state index in [9.17, 15) is 0 Å². The van der Waals surface area contributed by atoms with Crippen LogP contribution in [0.2, 0.25) is 5.15 Å². The fourth-order valence-corrected chi connectivity index (χ4v) is 2.89. The van der Waals surface area contributed by atoms with Crippen LogP contribution in [0.25, 0.3) is 5.57 Å². The van der Waals surface area contributed by atoms with E-state index in [1.807, 2.05) is 12.3 Å². The second-order valence-corrected chi connectivity index (χ2v) is 5.07. The Labute approximate surface area is 101 Å². The van der Waals surface area contributed by atoms with Crippen molar-refractivity contribution in [1.82, 2.24) is 10.3 Å². The van der Waals surface area contributed by atoms with Crippen LogP contribution in [0.15, 0.2) is 24.4 Å². The molecule has 2 aliphatic rings. The third-order valence-corrected chi connectivity index (χ3v) is 3.90. The number of hydrogen-bond donors (Lipinski definition) is 1. The lowest BCUT2D eigenvalue weighted by molar-refractivity contribution is 0.323. The Kier molecular flexibility index (Phi) is 2.70. The number of aromatic nitrogens is 1. The second kappa shape index (κ2) is 4.19. The zero-order chi connectivity index (χ0) is 11.0. The highest BCUT2D eigenvalue weighted by Gasteiger charge is 2.29. The molecule has 2 atom stereocenters. The van der Waals surface area contributed by atoms with Crippen LogP contribution in [0.4, 0.5) is 0 Å². The minimum Gasteiger partial charge on any atom is -0.316 e. The predicted molar refractivity (Wildman–Crippen MR) is 66.3 cm³/mol. The quantitative estimate of drug-likeness (QED) is 0.756. The lowest BCUT2D eigenvalue weighted by Crippen LogP contribution is -2.33. The molecule has 2 unspecified atom stereocenters. The molecule has 84 valence electrons. The van der Waals surface area contributed by atoms with Gasteiger partial charge in [-0.3, -0.25) is 0 Å². The largest absolute Gasteiger partial charge is 0.316 e. The molecule has 1 aliphatic heterocycles. The Bertz CT molecular complexity index is 410. The summed E-state index contributed by atoms with van der Waals surface area (Å²) in [5.41, 5.74) is 2.68. The fourth-order valence-electron chi connectivity index (χ4n) is 2.77. The number of nitrogens with zero attached hydrogens (tertiary/aromatic N) is 1. The number of halogens is 1. The molecule has 2 heterocycles. The zero-order valence-corrected chi connectivity index (χ0v) is 9.87. The molecule has 1 N–H and O–H groups in total. The first-order valence-electron chi connectivity index (χ1n) is 5.86. The van der Waals surface area contributed by atoms with E-state index in [4.69, 9.17) is 11.6 Å². The molecule has 16 heavy (non-hydrogen) atoms. The molecule has 0 saturated carbocycles. The molecule has 3 rings (SSSR count). The summed E-state index contributed by atoms with van der Waals surface area (Å²) in [5, 5.41) is 4.03. The number of piperidine rings is 1. The molecular weight excluding hydrogens is 220 g/mol. The molecule has 0 radical (unpaired) electrons. The summed E-state index contributed by atoms with van der Waals surface area (Å²) in [7, 11) is 0. The Morgan fingerprint density at radius 2 is 2.31 bits per heavy atom. The fraction of sp³-hybridized carbons (Fsp3) is 0.462. The summed E-state index contributed by atoms with van der Waals surface area (Å²) in [4.78, 5) is 4.15. The summed E-state index contributed by atoms with van der Waals surface area (Å²) in [5.74, 6) is 1.56. The SMILES string of the molecule is Clc1ccc(C2=CC3CNCCC3C2)cn1. The van der Waals surface area contributed by atoms with E-state index in [0.29, 0.717) is 5.15 Å². The third kappa shape index (κ3) is 1.87. The molecule has 1 fully saturated rings. The molecule has 3 heteroatoms. The van der Waals surface area contributed by atoms with Crippen LogP contribution in [-0.2, 0) is 0 Å². The smallest absolute Gasteiger partial charge is 0.129 e. The van der Waals surface area contributed by atoms with Gasteiger partial charge in [-0.2, -0.15) is 0 Å². The van der Waals surface area contributed by atoms with Gasteiger partial charge in [-0.15, -0.1) is 0 Å². The van der Waals surface area contributed by atoms with Gasteiger partial charge in [0.2, 0.25) is 0 Å². The number of fused-ring (bicyclic) bond motifs is 1. The first-order valence-corrected chi connectivity index (χ1v) is 6.24. The predicted octanol–water partition coefficient (Wildman–Crippen LogP) is 2.75. The van der Waals surface area contributed by atoms with Crippen LogP contribution in [0.3, 0.4) is 0 Å². The molecule has 2 nitrogen and oxygen atoms in total. The van der Waals surface area contributed by atoms with Crippen molar-refractivity contribution in [2.45, 2.75) is 12.8 Å². The Morgan fingerprint density at radius 3 is 3.06 bits per heavy atom. The summed E-state index contributed by atoms with van der Waals surface area (Å²) in [6, 6.07) is 3.95. The maximum atomic E-state index is 5.80. The third-order valence-electron chi connectivity index (χ3n) is 3.67. The summed E-state index contributed by atoms with van der Waals surface area (Å²) >= 11 is 5.80. The van der Waals surface area contributed by atoms with Crippen molar-refractivity contribution in [2.24, 2.45) is 11.8 Å². The number of nitrogens with one attached hydrogen (secondary N) is 1. The summed E-state index contributed by atoms with van der Waals surface area (Å²) in [6.07, 6.45) is 6.81. The van der Waals surface area contributed by atoms with E-state index in [-0.39, 0.29) is 0 Å². The molecule has 0 spiro atoms. The number of hydrogen-bond acceptors (Lipinski definition) is 2. The number of rotatable bonds is 1. The normalized spacial score (nSPS) is 28.7. The lowest BCUT2D eigenvalue weighted by atomic mass is 9.89. The van der Waals surface area contributed by atoms with Crippen molar-refractivity contribution in [1.29, 1.82) is 0 Å². The molecule has 0 bridgehead atoms. The standard InChI is InChI=1S/C13H15ClN2/c14-13-2-1-10(8-16-13)11-5-9-3-4-15-7-12(9)6-11/h1-2,6,8-9,12,15H,3-5,7H2. The lowest BCUT2D eigenvalue weighted by Gasteiger charge is -2.25. The number of pyridine rings is 1. The van der Waals surface area contributed by atoms with Gasteiger partial charge in [0.1, 0.15) is 5.15 Å². The van der Waals surface area contributed by atoms with Crippen molar-refractivity contribution < 1.29 is 0 Å². The van der Waals surface area contributed by atoms with Gasteiger partial charge in [-0.05, 0) is 48.4 Å². The average molecular weight is 235 g/mol. The molecule has 0 amide bonds. The summed E-state index contributed by atoms with van der Waals surface area (Å²) in [6.45, 7) is 2.30. The van der Waals surface area contributed by atoms with Crippen LogP contribution in [0.1, 0.15) is 18.4 Å². The highest BCUT2D eigenvalue weighted by molar-refractivity contribution is 6.29. The van der Waals surface area contributed by atoms with Gasteiger partial charge < -0.3 is 5.32 Å². The van der Waals surface area contributed by atoms with E-state index in [2.05, 4.69) is 22.4 Å². The van der Waals surface area contributed by atoms with E-state index >= 15 is 0 Å². The molecule has 1 aromatic heterocycles. The Balaban J connectivity index is 1.83. The van der Waals surface area contributed by atoms with Crippen molar-refractivity contribution >= 4 is 17.2 Å². The first kappa shape index (κ1) is 10.3. The van der Waals surface area contributed by atoms with Crippen LogP contribution < -0.4 is 5.32 Å². The molecular formula is C13H15ClN2. The molecule has 1 aromatic rings. The van der Waals surface area contributed by atoms with Crippen LogP contribution >= 0.6 is 11.6 Å². The maximum absolute atomic E-state index is 5.80. The van der Waals surface area contributed by atoms with Crippen molar-refractivity contribution in [2.75, 3.05) is 13.1 Å².